The molecule has 1 aromatic heterocycles. The van der Waals surface area contributed by atoms with E-state index >= 15 is 0 Å². The predicted molar refractivity (Wildman–Crippen MR) is 103 cm³/mol. The van der Waals surface area contributed by atoms with Crippen LogP contribution in [0.1, 0.15) is 25.5 Å². The zero-order chi connectivity index (χ0) is 17.9. The second-order valence-corrected chi connectivity index (χ2v) is 6.81. The molecule has 2 aromatic carbocycles. The van der Waals surface area contributed by atoms with Crippen LogP contribution in [0, 0.1) is 11.3 Å². The molecule has 0 spiro atoms. The Labute approximate surface area is 153 Å². The van der Waals surface area contributed by atoms with Gasteiger partial charge in [-0.05, 0) is 49.7 Å². The van der Waals surface area contributed by atoms with Crippen LogP contribution in [0.25, 0.3) is 22.2 Å². The van der Waals surface area contributed by atoms with Gasteiger partial charge in [-0.3, -0.25) is 4.90 Å². The van der Waals surface area contributed by atoms with Gasteiger partial charge in [-0.25, -0.2) is 0 Å². The maximum atomic E-state index is 9.45. The summed E-state index contributed by atoms with van der Waals surface area (Å²) in [4.78, 5) is 6.88. The molecule has 1 N–H and O–H groups in total. The van der Waals surface area contributed by atoms with Crippen LogP contribution >= 0.6 is 0 Å². The van der Waals surface area contributed by atoms with Gasteiger partial charge in [-0.1, -0.05) is 36.4 Å². The minimum absolute atomic E-state index is 0.307. The van der Waals surface area contributed by atoms with Crippen LogP contribution in [0.3, 0.4) is 0 Å². The fraction of sp³-hybridized carbons (Fsp3) is 0.333. The number of nitrogens with zero attached hydrogens (tertiary/aromatic N) is 3. The molecule has 5 heteroatoms. The zero-order valence-electron chi connectivity index (χ0n) is 14.9. The Morgan fingerprint density at radius 1 is 1.19 bits per heavy atom. The van der Waals surface area contributed by atoms with Gasteiger partial charge >= 0.3 is 0 Å². The number of likely N-dealkylation sites (tertiary alicyclic amines) is 1. The first-order valence-corrected chi connectivity index (χ1v) is 9.13. The zero-order valence-corrected chi connectivity index (χ0v) is 14.9. The van der Waals surface area contributed by atoms with Crippen LogP contribution in [0.15, 0.2) is 46.9 Å². The first-order valence-electron chi connectivity index (χ1n) is 9.13. The molecule has 1 aliphatic rings. The van der Waals surface area contributed by atoms with E-state index < -0.39 is 0 Å². The minimum atomic E-state index is 0.307. The molecule has 26 heavy (non-hydrogen) atoms. The number of oxazole rings is 1. The summed E-state index contributed by atoms with van der Waals surface area (Å²) in [6.45, 7) is 5.22. The lowest BCUT2D eigenvalue weighted by Crippen LogP contribution is -2.35. The Bertz CT molecular complexity index is 945. The summed E-state index contributed by atoms with van der Waals surface area (Å²) in [6, 6.07) is 16.7. The molecule has 2 heterocycles. The fourth-order valence-corrected chi connectivity index (χ4v) is 3.59. The molecule has 1 aliphatic heterocycles. The molecule has 1 atom stereocenters. The third-order valence-electron chi connectivity index (χ3n) is 5.08. The highest BCUT2D eigenvalue weighted by molar-refractivity contribution is 5.94. The van der Waals surface area contributed by atoms with E-state index in [4.69, 9.17) is 4.42 Å². The molecular formula is C21H22N4O. The normalized spacial score (nSPS) is 15.8. The standard InChI is InChI=1S/C21H22N4O/c1-15(25-11-4-5-12-25)14-23-21-19(13-22)24-20(26-21)18-10-6-8-16-7-2-3-9-17(16)18/h2-3,6-10,15,23H,4-5,11-12,14H2,1H3. The molecule has 0 radical (unpaired) electrons. The Morgan fingerprint density at radius 2 is 1.96 bits per heavy atom. The topological polar surface area (TPSA) is 65.1 Å². The molecule has 1 saturated heterocycles. The highest BCUT2D eigenvalue weighted by Gasteiger charge is 2.20. The second-order valence-electron chi connectivity index (χ2n) is 6.81. The Kier molecular flexibility index (Phi) is 4.59. The van der Waals surface area contributed by atoms with Crippen molar-refractivity contribution in [3.05, 3.63) is 48.2 Å². The van der Waals surface area contributed by atoms with E-state index in [-0.39, 0.29) is 0 Å². The van der Waals surface area contributed by atoms with Gasteiger partial charge in [0, 0.05) is 18.2 Å². The summed E-state index contributed by atoms with van der Waals surface area (Å²) in [5.74, 6) is 0.941. The smallest absolute Gasteiger partial charge is 0.232 e. The molecule has 4 rings (SSSR count). The summed E-state index contributed by atoms with van der Waals surface area (Å²) in [5.41, 5.74) is 1.21. The number of rotatable bonds is 5. The molecule has 3 aromatic rings. The van der Waals surface area contributed by atoms with Crippen LogP contribution in [0.2, 0.25) is 0 Å². The van der Waals surface area contributed by atoms with Crippen molar-refractivity contribution in [3.63, 3.8) is 0 Å². The van der Waals surface area contributed by atoms with Gasteiger partial charge in [0.25, 0.3) is 0 Å². The Balaban J connectivity index is 1.60. The van der Waals surface area contributed by atoms with E-state index in [1.165, 1.54) is 12.8 Å². The molecule has 0 saturated carbocycles. The summed E-state index contributed by atoms with van der Waals surface area (Å²) < 4.78 is 5.95. The van der Waals surface area contributed by atoms with Crippen molar-refractivity contribution in [2.45, 2.75) is 25.8 Å². The molecular weight excluding hydrogens is 324 g/mol. The summed E-state index contributed by atoms with van der Waals surface area (Å²) >= 11 is 0. The maximum Gasteiger partial charge on any atom is 0.232 e. The number of benzene rings is 2. The van der Waals surface area contributed by atoms with Gasteiger partial charge in [0.2, 0.25) is 17.5 Å². The monoisotopic (exact) mass is 346 g/mol. The first kappa shape index (κ1) is 16.6. The number of fused-ring (bicyclic) bond motifs is 1. The van der Waals surface area contributed by atoms with E-state index in [9.17, 15) is 5.26 Å². The molecule has 5 nitrogen and oxygen atoms in total. The number of anilines is 1. The lowest BCUT2D eigenvalue weighted by Gasteiger charge is -2.23. The van der Waals surface area contributed by atoms with Gasteiger partial charge in [0.1, 0.15) is 6.07 Å². The molecule has 0 bridgehead atoms. The largest absolute Gasteiger partial charge is 0.419 e. The lowest BCUT2D eigenvalue weighted by atomic mass is 10.0. The number of hydrogen-bond acceptors (Lipinski definition) is 5. The van der Waals surface area contributed by atoms with Gasteiger partial charge in [0.05, 0.1) is 0 Å². The van der Waals surface area contributed by atoms with E-state index in [1.54, 1.807) is 0 Å². The Hall–Kier alpha value is -2.84. The SMILES string of the molecule is CC(CNc1oc(-c2cccc3ccccc23)nc1C#N)N1CCCC1. The van der Waals surface area contributed by atoms with Crippen LogP contribution in [0.4, 0.5) is 5.88 Å². The van der Waals surface area contributed by atoms with Crippen molar-refractivity contribution in [3.8, 4) is 17.5 Å². The van der Waals surface area contributed by atoms with E-state index in [2.05, 4.69) is 40.3 Å². The molecule has 0 aliphatic carbocycles. The van der Waals surface area contributed by atoms with Gasteiger partial charge < -0.3 is 9.73 Å². The third kappa shape index (κ3) is 3.16. The van der Waals surface area contributed by atoms with Gasteiger partial charge in [-0.15, -0.1) is 0 Å². The van der Waals surface area contributed by atoms with Crippen molar-refractivity contribution < 1.29 is 4.42 Å². The molecule has 1 fully saturated rings. The minimum Gasteiger partial charge on any atom is -0.419 e. The summed E-state index contributed by atoms with van der Waals surface area (Å²) in [7, 11) is 0. The molecule has 132 valence electrons. The fourth-order valence-electron chi connectivity index (χ4n) is 3.59. The van der Waals surface area contributed by atoms with Crippen molar-refractivity contribution in [2.75, 3.05) is 25.0 Å². The number of nitriles is 1. The highest BCUT2D eigenvalue weighted by Crippen LogP contribution is 2.31. The van der Waals surface area contributed by atoms with Crippen molar-refractivity contribution in [2.24, 2.45) is 0 Å². The quantitative estimate of drug-likeness (QED) is 0.748. The average Bonchev–Trinajstić information content (AvgIpc) is 3.35. The van der Waals surface area contributed by atoms with E-state index in [0.29, 0.717) is 23.5 Å². The average molecular weight is 346 g/mol. The van der Waals surface area contributed by atoms with Gasteiger partial charge in [0.15, 0.2) is 0 Å². The number of nitrogens with one attached hydrogen (secondary N) is 1. The van der Waals surface area contributed by atoms with Crippen LogP contribution in [-0.4, -0.2) is 35.6 Å². The number of hydrogen-bond donors (Lipinski definition) is 1. The predicted octanol–water partition coefficient (Wildman–Crippen LogP) is 4.26. The van der Waals surface area contributed by atoms with Crippen molar-refractivity contribution >= 4 is 16.7 Å². The van der Waals surface area contributed by atoms with Crippen molar-refractivity contribution in [1.82, 2.24) is 9.88 Å². The Morgan fingerprint density at radius 3 is 2.77 bits per heavy atom. The second kappa shape index (κ2) is 7.19. The molecule has 0 amide bonds. The van der Waals surface area contributed by atoms with E-state index in [1.807, 2.05) is 30.3 Å². The van der Waals surface area contributed by atoms with Gasteiger partial charge in [-0.2, -0.15) is 10.2 Å². The maximum absolute atomic E-state index is 9.45. The third-order valence-corrected chi connectivity index (χ3v) is 5.08. The summed E-state index contributed by atoms with van der Waals surface area (Å²) in [6.07, 6.45) is 2.53. The highest BCUT2D eigenvalue weighted by atomic mass is 16.4. The summed E-state index contributed by atoms with van der Waals surface area (Å²) in [5, 5.41) is 14.9. The lowest BCUT2D eigenvalue weighted by molar-refractivity contribution is 0.268. The number of aromatic nitrogens is 1. The van der Waals surface area contributed by atoms with Crippen LogP contribution in [-0.2, 0) is 0 Å². The first-order chi connectivity index (χ1) is 12.8. The van der Waals surface area contributed by atoms with Crippen LogP contribution in [0.5, 0.6) is 0 Å². The van der Waals surface area contributed by atoms with Crippen molar-refractivity contribution in [1.29, 1.82) is 5.26 Å². The van der Waals surface area contributed by atoms with E-state index in [0.717, 1.165) is 36.0 Å². The molecule has 1 unspecified atom stereocenters. The van der Waals surface area contributed by atoms with Crippen LogP contribution < -0.4 is 5.32 Å².